The fourth-order valence-corrected chi connectivity index (χ4v) is 4.47. The molecule has 4 aromatic rings. The van der Waals surface area contributed by atoms with Crippen molar-refractivity contribution in [3.05, 3.63) is 79.4 Å². The molecule has 0 spiro atoms. The number of aryl methyl sites for hydroxylation is 1. The molecule has 8 nitrogen and oxygen atoms in total. The summed E-state index contributed by atoms with van der Waals surface area (Å²) < 4.78 is 9.89. The van der Waals surface area contributed by atoms with Gasteiger partial charge < -0.3 is 9.30 Å². The lowest BCUT2D eigenvalue weighted by atomic mass is 10.2. The number of hydrogen-bond acceptors (Lipinski definition) is 6. The van der Waals surface area contributed by atoms with Gasteiger partial charge in [0.1, 0.15) is 5.75 Å². The van der Waals surface area contributed by atoms with Crippen LogP contribution in [-0.2, 0) is 33.7 Å². The molecule has 1 aromatic carbocycles. The molecule has 0 saturated heterocycles. The lowest BCUT2D eigenvalue weighted by Gasteiger charge is -2.23. The van der Waals surface area contributed by atoms with E-state index in [1.54, 1.807) is 31.8 Å². The van der Waals surface area contributed by atoms with Crippen LogP contribution < -0.4 is 16.0 Å². The summed E-state index contributed by atoms with van der Waals surface area (Å²) in [6.07, 6.45) is 1.64. The monoisotopic (exact) mass is 439 g/mol. The molecule has 162 valence electrons. The number of aromatic nitrogens is 4. The summed E-state index contributed by atoms with van der Waals surface area (Å²) in [4.78, 5) is 32.8. The molecule has 9 heteroatoms. The van der Waals surface area contributed by atoms with Gasteiger partial charge in [-0.1, -0.05) is 24.3 Å². The molecule has 0 saturated carbocycles. The third kappa shape index (κ3) is 4.19. The van der Waals surface area contributed by atoms with Crippen LogP contribution in [0.4, 0.5) is 0 Å². The summed E-state index contributed by atoms with van der Waals surface area (Å²) in [6, 6.07) is 12.2. The van der Waals surface area contributed by atoms with Crippen LogP contribution in [-0.4, -0.2) is 37.2 Å². The lowest BCUT2D eigenvalue weighted by Crippen LogP contribution is -2.37. The van der Waals surface area contributed by atoms with E-state index < -0.39 is 0 Å². The number of benzene rings is 1. The van der Waals surface area contributed by atoms with E-state index in [-0.39, 0.29) is 11.2 Å². The van der Waals surface area contributed by atoms with Crippen LogP contribution in [0.3, 0.4) is 0 Å². The number of methoxy groups -OCH3 is 1. The normalized spacial score (nSPS) is 11.5. The second kappa shape index (κ2) is 8.91. The van der Waals surface area contributed by atoms with Crippen LogP contribution in [0.25, 0.3) is 11.2 Å². The fraction of sp³-hybridized carbons (Fsp3) is 0.318. The number of para-hydroxylation sites is 1. The summed E-state index contributed by atoms with van der Waals surface area (Å²) >= 11 is 1.72. The Labute approximate surface area is 183 Å². The minimum Gasteiger partial charge on any atom is -0.496 e. The van der Waals surface area contributed by atoms with Crippen molar-refractivity contribution in [2.45, 2.75) is 19.6 Å². The molecule has 0 bridgehead atoms. The molecule has 0 atom stereocenters. The summed E-state index contributed by atoms with van der Waals surface area (Å²) in [6.45, 7) is 2.78. The number of rotatable bonds is 8. The van der Waals surface area contributed by atoms with Crippen LogP contribution >= 0.6 is 11.3 Å². The Bertz CT molecular complexity index is 1300. The quantitative estimate of drug-likeness (QED) is 0.421. The van der Waals surface area contributed by atoms with Crippen LogP contribution in [0.15, 0.2) is 57.7 Å². The highest BCUT2D eigenvalue weighted by molar-refractivity contribution is 7.09. The third-order valence-corrected chi connectivity index (χ3v) is 6.28. The van der Waals surface area contributed by atoms with Gasteiger partial charge in [-0.3, -0.25) is 18.8 Å². The highest BCUT2D eigenvalue weighted by Gasteiger charge is 2.16. The summed E-state index contributed by atoms with van der Waals surface area (Å²) in [5, 5.41) is 2.07. The van der Waals surface area contributed by atoms with Gasteiger partial charge in [0.2, 0.25) is 0 Å². The van der Waals surface area contributed by atoms with Gasteiger partial charge >= 0.3 is 5.69 Å². The molecule has 3 aromatic heterocycles. The minimum absolute atomic E-state index is 0.329. The first-order valence-corrected chi connectivity index (χ1v) is 10.8. The van der Waals surface area contributed by atoms with Crippen LogP contribution in [0.1, 0.15) is 10.4 Å². The van der Waals surface area contributed by atoms with E-state index in [9.17, 15) is 9.59 Å². The highest BCUT2D eigenvalue weighted by Crippen LogP contribution is 2.21. The standard InChI is InChI=1S/C22H25N5O3S/c1-24-20-19(21(28)25(2)22(24)29)27(15-23-20)11-10-26(14-17-8-6-12-31-17)13-16-7-4-5-9-18(16)30-3/h4-9,12,15H,10-11,13-14H2,1-3H3. The number of ether oxygens (including phenoxy) is 1. The maximum absolute atomic E-state index is 12.7. The van der Waals surface area contributed by atoms with Crippen LogP contribution in [0.2, 0.25) is 0 Å². The van der Waals surface area contributed by atoms with Gasteiger partial charge in [0.05, 0.1) is 13.4 Å². The molecule has 0 amide bonds. The Morgan fingerprint density at radius 3 is 2.61 bits per heavy atom. The van der Waals surface area contributed by atoms with E-state index in [1.807, 2.05) is 22.8 Å². The first-order chi connectivity index (χ1) is 15.0. The second-order valence-corrected chi connectivity index (χ2v) is 8.45. The van der Waals surface area contributed by atoms with E-state index in [0.29, 0.717) is 30.8 Å². The molecule has 0 N–H and O–H groups in total. The van der Waals surface area contributed by atoms with Crippen molar-refractivity contribution in [1.29, 1.82) is 0 Å². The Morgan fingerprint density at radius 2 is 1.87 bits per heavy atom. The summed E-state index contributed by atoms with van der Waals surface area (Å²) in [5.41, 5.74) is 1.25. The van der Waals surface area contributed by atoms with Crippen molar-refractivity contribution >= 4 is 22.5 Å². The fourth-order valence-electron chi connectivity index (χ4n) is 3.73. The van der Waals surface area contributed by atoms with Crippen LogP contribution in [0, 0.1) is 0 Å². The van der Waals surface area contributed by atoms with Crippen molar-refractivity contribution < 1.29 is 4.74 Å². The Kier molecular flexibility index (Phi) is 6.06. The van der Waals surface area contributed by atoms with E-state index in [1.165, 1.54) is 16.5 Å². The zero-order chi connectivity index (χ0) is 22.0. The van der Waals surface area contributed by atoms with Crippen LogP contribution in [0.5, 0.6) is 5.75 Å². The average Bonchev–Trinajstić information content (AvgIpc) is 3.45. The largest absolute Gasteiger partial charge is 0.496 e. The third-order valence-electron chi connectivity index (χ3n) is 5.42. The number of hydrogen-bond donors (Lipinski definition) is 0. The maximum Gasteiger partial charge on any atom is 0.332 e. The minimum atomic E-state index is -0.377. The molecular weight excluding hydrogens is 414 g/mol. The first-order valence-electron chi connectivity index (χ1n) is 9.97. The lowest BCUT2D eigenvalue weighted by molar-refractivity contribution is 0.245. The highest BCUT2D eigenvalue weighted by atomic mass is 32.1. The summed E-state index contributed by atoms with van der Waals surface area (Å²) in [5.74, 6) is 0.857. The average molecular weight is 440 g/mol. The molecule has 0 aliphatic carbocycles. The zero-order valence-corrected chi connectivity index (χ0v) is 18.6. The van der Waals surface area contributed by atoms with Crippen molar-refractivity contribution in [2.24, 2.45) is 14.1 Å². The van der Waals surface area contributed by atoms with Gasteiger partial charge in [-0.2, -0.15) is 0 Å². The molecule has 31 heavy (non-hydrogen) atoms. The van der Waals surface area contributed by atoms with Gasteiger partial charge in [-0.15, -0.1) is 11.3 Å². The SMILES string of the molecule is COc1ccccc1CN(CCn1cnc2c1c(=O)n(C)c(=O)n2C)Cc1cccs1. The van der Waals surface area contributed by atoms with Gasteiger partial charge in [0.25, 0.3) is 5.56 Å². The number of imidazole rings is 1. The topological polar surface area (TPSA) is 74.3 Å². The van der Waals surface area contributed by atoms with E-state index >= 15 is 0 Å². The van der Waals surface area contributed by atoms with Gasteiger partial charge in [0, 0.05) is 50.7 Å². The number of thiophene rings is 1. The molecule has 0 radical (unpaired) electrons. The van der Waals surface area contributed by atoms with E-state index in [2.05, 4.69) is 33.5 Å². The predicted molar refractivity (Wildman–Crippen MR) is 122 cm³/mol. The number of nitrogens with zero attached hydrogens (tertiary/aromatic N) is 5. The Morgan fingerprint density at radius 1 is 1.06 bits per heavy atom. The molecule has 3 heterocycles. The van der Waals surface area contributed by atoms with Gasteiger partial charge in [0.15, 0.2) is 11.2 Å². The Hall–Kier alpha value is -3.17. The zero-order valence-electron chi connectivity index (χ0n) is 17.8. The second-order valence-electron chi connectivity index (χ2n) is 7.42. The molecule has 0 aliphatic heterocycles. The molecule has 4 rings (SSSR count). The summed E-state index contributed by atoms with van der Waals surface area (Å²) in [7, 11) is 4.80. The Balaban J connectivity index is 1.62. The molecule has 0 unspecified atom stereocenters. The van der Waals surface area contributed by atoms with Gasteiger partial charge in [-0.25, -0.2) is 9.78 Å². The maximum atomic E-state index is 12.7. The smallest absolute Gasteiger partial charge is 0.332 e. The predicted octanol–water partition coefficient (Wildman–Crippen LogP) is 2.21. The number of fused-ring (bicyclic) bond motifs is 1. The van der Waals surface area contributed by atoms with E-state index in [0.717, 1.165) is 22.4 Å². The van der Waals surface area contributed by atoms with Crippen molar-refractivity contribution in [2.75, 3.05) is 13.7 Å². The van der Waals surface area contributed by atoms with Crippen molar-refractivity contribution in [3.8, 4) is 5.75 Å². The first kappa shape index (κ1) is 21.1. The van der Waals surface area contributed by atoms with E-state index in [4.69, 9.17) is 4.74 Å². The molecular formula is C22H25N5O3S. The molecule has 0 aliphatic rings. The van der Waals surface area contributed by atoms with Gasteiger partial charge in [-0.05, 0) is 17.5 Å². The molecule has 0 fully saturated rings. The van der Waals surface area contributed by atoms with Crippen molar-refractivity contribution in [3.63, 3.8) is 0 Å². The van der Waals surface area contributed by atoms with Crippen molar-refractivity contribution in [1.82, 2.24) is 23.6 Å².